The minimum Gasteiger partial charge on any atom is -0.355 e. The molecule has 144 valence electrons. The summed E-state index contributed by atoms with van der Waals surface area (Å²) >= 11 is 0. The standard InChI is InChI=1S/C23H24N2O3/c1-16-8-9-18-19(14-16)22(28)25(21(18)27)13-10-20(26)24-15-23(11-5-12-23)17-6-3-2-4-7-17/h2-4,6-9,14H,5,10-13,15H2,1H3,(H,24,26). The first kappa shape index (κ1) is 18.4. The van der Waals surface area contributed by atoms with Gasteiger partial charge in [0.25, 0.3) is 11.8 Å². The third kappa shape index (κ3) is 3.21. The number of benzene rings is 2. The molecule has 4 rings (SSSR count). The highest BCUT2D eigenvalue weighted by atomic mass is 16.2. The van der Waals surface area contributed by atoms with Crippen molar-refractivity contribution in [3.05, 3.63) is 70.8 Å². The Morgan fingerprint density at radius 3 is 2.43 bits per heavy atom. The van der Waals surface area contributed by atoms with Gasteiger partial charge in [-0.3, -0.25) is 19.3 Å². The Morgan fingerprint density at radius 2 is 1.75 bits per heavy atom. The lowest BCUT2D eigenvalue weighted by molar-refractivity contribution is -0.121. The van der Waals surface area contributed by atoms with Crippen molar-refractivity contribution >= 4 is 17.7 Å². The summed E-state index contributed by atoms with van der Waals surface area (Å²) in [5, 5.41) is 3.02. The van der Waals surface area contributed by atoms with Crippen molar-refractivity contribution in [1.82, 2.24) is 10.2 Å². The molecule has 1 aliphatic heterocycles. The van der Waals surface area contributed by atoms with Crippen LogP contribution in [0.1, 0.15) is 57.5 Å². The van der Waals surface area contributed by atoms with Gasteiger partial charge in [-0.1, -0.05) is 48.4 Å². The lowest BCUT2D eigenvalue weighted by Gasteiger charge is -2.42. The van der Waals surface area contributed by atoms with Crippen LogP contribution in [0.25, 0.3) is 0 Å². The minimum absolute atomic E-state index is 0.0178. The molecule has 1 heterocycles. The molecule has 2 aliphatic rings. The van der Waals surface area contributed by atoms with Crippen LogP contribution >= 0.6 is 0 Å². The topological polar surface area (TPSA) is 66.5 Å². The van der Waals surface area contributed by atoms with Gasteiger partial charge in [0.1, 0.15) is 0 Å². The van der Waals surface area contributed by atoms with Crippen molar-refractivity contribution in [2.75, 3.05) is 13.1 Å². The highest BCUT2D eigenvalue weighted by molar-refractivity contribution is 6.21. The lowest BCUT2D eigenvalue weighted by Crippen LogP contribution is -2.46. The average molecular weight is 376 g/mol. The number of nitrogens with zero attached hydrogens (tertiary/aromatic N) is 1. The lowest BCUT2D eigenvalue weighted by atomic mass is 9.64. The summed E-state index contributed by atoms with van der Waals surface area (Å²) < 4.78 is 0. The van der Waals surface area contributed by atoms with Gasteiger partial charge in [0, 0.05) is 24.9 Å². The minimum atomic E-state index is -0.312. The van der Waals surface area contributed by atoms with Gasteiger partial charge in [0.15, 0.2) is 0 Å². The number of imide groups is 1. The van der Waals surface area contributed by atoms with Crippen LogP contribution in [0.3, 0.4) is 0 Å². The number of carbonyl (C=O) groups is 3. The van der Waals surface area contributed by atoms with Crippen LogP contribution in [0, 0.1) is 6.92 Å². The van der Waals surface area contributed by atoms with Gasteiger partial charge in [-0.15, -0.1) is 0 Å². The van der Waals surface area contributed by atoms with E-state index in [1.165, 1.54) is 16.9 Å². The van der Waals surface area contributed by atoms with Crippen molar-refractivity contribution in [3.8, 4) is 0 Å². The van der Waals surface area contributed by atoms with Gasteiger partial charge in [0.05, 0.1) is 11.1 Å². The van der Waals surface area contributed by atoms with E-state index in [2.05, 4.69) is 17.4 Å². The van der Waals surface area contributed by atoms with Crippen molar-refractivity contribution < 1.29 is 14.4 Å². The number of amides is 3. The Balaban J connectivity index is 1.34. The van der Waals surface area contributed by atoms with Gasteiger partial charge in [-0.2, -0.15) is 0 Å². The van der Waals surface area contributed by atoms with Gasteiger partial charge < -0.3 is 5.32 Å². The Kier molecular flexibility index (Phi) is 4.75. The number of hydrogen-bond acceptors (Lipinski definition) is 3. The quantitative estimate of drug-likeness (QED) is 0.787. The van der Waals surface area contributed by atoms with Gasteiger partial charge in [-0.05, 0) is 37.5 Å². The molecule has 3 amide bonds. The Labute approximate surface area is 164 Å². The van der Waals surface area contributed by atoms with Gasteiger partial charge in [0.2, 0.25) is 5.91 Å². The maximum absolute atomic E-state index is 12.5. The molecule has 0 aromatic heterocycles. The molecular weight excluding hydrogens is 352 g/mol. The first-order valence-corrected chi connectivity index (χ1v) is 9.79. The summed E-state index contributed by atoms with van der Waals surface area (Å²) in [7, 11) is 0. The van der Waals surface area contributed by atoms with E-state index in [4.69, 9.17) is 0 Å². The molecule has 0 spiro atoms. The van der Waals surface area contributed by atoms with Crippen LogP contribution in [0.15, 0.2) is 48.5 Å². The molecule has 0 saturated heterocycles. The normalized spacial score (nSPS) is 17.2. The molecule has 2 aromatic carbocycles. The Morgan fingerprint density at radius 1 is 1.04 bits per heavy atom. The smallest absolute Gasteiger partial charge is 0.261 e. The molecule has 0 radical (unpaired) electrons. The monoisotopic (exact) mass is 376 g/mol. The second-order valence-electron chi connectivity index (χ2n) is 7.84. The highest BCUT2D eigenvalue weighted by Crippen LogP contribution is 2.43. The van der Waals surface area contributed by atoms with Crippen LogP contribution in [-0.4, -0.2) is 35.7 Å². The molecule has 1 aliphatic carbocycles. The number of nitrogens with one attached hydrogen (secondary N) is 1. The van der Waals surface area contributed by atoms with E-state index in [0.717, 1.165) is 18.4 Å². The molecule has 0 atom stereocenters. The van der Waals surface area contributed by atoms with Crippen molar-refractivity contribution in [2.24, 2.45) is 0 Å². The molecule has 1 fully saturated rings. The van der Waals surface area contributed by atoms with Crippen LogP contribution < -0.4 is 5.32 Å². The van der Waals surface area contributed by atoms with Crippen LogP contribution in [-0.2, 0) is 10.2 Å². The molecule has 28 heavy (non-hydrogen) atoms. The van der Waals surface area contributed by atoms with E-state index in [9.17, 15) is 14.4 Å². The first-order valence-electron chi connectivity index (χ1n) is 9.79. The molecular formula is C23H24N2O3. The second-order valence-corrected chi connectivity index (χ2v) is 7.84. The molecule has 1 N–H and O–H groups in total. The molecule has 5 nitrogen and oxygen atoms in total. The third-order valence-corrected chi connectivity index (χ3v) is 6.01. The van der Waals surface area contributed by atoms with Crippen molar-refractivity contribution in [2.45, 2.75) is 38.0 Å². The van der Waals surface area contributed by atoms with Crippen LogP contribution in [0.4, 0.5) is 0 Å². The first-order chi connectivity index (χ1) is 13.5. The Bertz CT molecular complexity index is 932. The number of aryl methyl sites for hydroxylation is 1. The van der Waals surface area contributed by atoms with Crippen LogP contribution in [0.2, 0.25) is 0 Å². The molecule has 2 aromatic rings. The summed E-state index contributed by atoms with van der Waals surface area (Å²) in [6.07, 6.45) is 3.42. The predicted molar refractivity (Wildman–Crippen MR) is 106 cm³/mol. The SMILES string of the molecule is Cc1ccc2c(c1)C(=O)N(CCC(=O)NCC1(c3ccccc3)CCC1)C2=O. The van der Waals surface area contributed by atoms with E-state index in [1.807, 2.05) is 31.2 Å². The fraction of sp³-hybridized carbons (Fsp3) is 0.348. The zero-order valence-corrected chi connectivity index (χ0v) is 16.0. The zero-order valence-electron chi connectivity index (χ0n) is 16.0. The van der Waals surface area contributed by atoms with E-state index >= 15 is 0 Å². The maximum atomic E-state index is 12.5. The fourth-order valence-electron chi connectivity index (χ4n) is 4.14. The number of hydrogen-bond donors (Lipinski definition) is 1. The summed E-state index contributed by atoms with van der Waals surface area (Å²) in [5.74, 6) is -0.751. The van der Waals surface area contributed by atoms with Gasteiger partial charge in [-0.25, -0.2) is 0 Å². The number of fused-ring (bicyclic) bond motifs is 1. The fourth-order valence-corrected chi connectivity index (χ4v) is 4.14. The molecule has 0 unspecified atom stereocenters. The Hall–Kier alpha value is -2.95. The largest absolute Gasteiger partial charge is 0.355 e. The number of rotatable bonds is 6. The summed E-state index contributed by atoms with van der Waals surface area (Å²) in [4.78, 5) is 38.5. The molecule has 5 heteroatoms. The van der Waals surface area contributed by atoms with Gasteiger partial charge >= 0.3 is 0 Å². The summed E-state index contributed by atoms with van der Waals surface area (Å²) in [6, 6.07) is 15.5. The summed E-state index contributed by atoms with van der Waals surface area (Å²) in [5.41, 5.74) is 3.07. The van der Waals surface area contributed by atoms with E-state index in [-0.39, 0.29) is 36.1 Å². The highest BCUT2D eigenvalue weighted by Gasteiger charge is 2.39. The van der Waals surface area contributed by atoms with Crippen LogP contribution in [0.5, 0.6) is 0 Å². The number of carbonyl (C=O) groups excluding carboxylic acids is 3. The molecule has 1 saturated carbocycles. The molecule has 0 bridgehead atoms. The second kappa shape index (κ2) is 7.23. The average Bonchev–Trinajstić information content (AvgIpc) is 2.90. The third-order valence-electron chi connectivity index (χ3n) is 6.01. The van der Waals surface area contributed by atoms with E-state index in [0.29, 0.717) is 17.7 Å². The zero-order chi connectivity index (χ0) is 19.7. The predicted octanol–water partition coefficient (Wildman–Crippen LogP) is 3.22. The van der Waals surface area contributed by atoms with Crippen molar-refractivity contribution in [1.29, 1.82) is 0 Å². The van der Waals surface area contributed by atoms with E-state index < -0.39 is 0 Å². The maximum Gasteiger partial charge on any atom is 0.261 e. The van der Waals surface area contributed by atoms with Crippen molar-refractivity contribution in [3.63, 3.8) is 0 Å². The van der Waals surface area contributed by atoms with E-state index in [1.54, 1.807) is 12.1 Å². The summed E-state index contributed by atoms with van der Waals surface area (Å²) in [6.45, 7) is 2.59.